The average molecular weight is 292 g/mol. The van der Waals surface area contributed by atoms with Crippen molar-refractivity contribution < 1.29 is 14.3 Å². The molecule has 0 atom stereocenters. The van der Waals surface area contributed by atoms with Crippen LogP contribution in [-0.2, 0) is 11.2 Å². The van der Waals surface area contributed by atoms with Crippen LogP contribution in [0.2, 0.25) is 0 Å². The third kappa shape index (κ3) is 3.08. The number of anilines is 1. The summed E-state index contributed by atoms with van der Waals surface area (Å²) in [5.74, 6) is 1.32. The number of benzene rings is 1. The quantitative estimate of drug-likeness (QED) is 0.849. The third-order valence-corrected chi connectivity index (χ3v) is 3.76. The van der Waals surface area contributed by atoms with E-state index >= 15 is 0 Å². The van der Waals surface area contributed by atoms with Gasteiger partial charge in [-0.2, -0.15) is 0 Å². The highest BCUT2D eigenvalue weighted by atomic mass is 32.1. The maximum Gasteiger partial charge on any atom is 0.233 e. The van der Waals surface area contributed by atoms with Gasteiger partial charge in [0.2, 0.25) is 5.91 Å². The van der Waals surface area contributed by atoms with Gasteiger partial charge in [-0.1, -0.05) is 0 Å². The van der Waals surface area contributed by atoms with Crippen molar-refractivity contribution in [3.8, 4) is 11.5 Å². The topological polar surface area (TPSA) is 51.7 Å². The van der Waals surface area contributed by atoms with Gasteiger partial charge in [0.15, 0.2) is 5.13 Å². The molecule has 2 rings (SSSR count). The van der Waals surface area contributed by atoms with E-state index in [1.807, 2.05) is 11.4 Å². The zero-order chi connectivity index (χ0) is 14.5. The molecule has 5 nitrogen and oxygen atoms in total. The Morgan fingerprint density at radius 3 is 2.75 bits per heavy atom. The van der Waals surface area contributed by atoms with Gasteiger partial charge in [-0.3, -0.25) is 9.69 Å². The van der Waals surface area contributed by atoms with Gasteiger partial charge < -0.3 is 9.47 Å². The molecule has 0 unspecified atom stereocenters. The average Bonchev–Trinajstić information content (AvgIpc) is 3.00. The molecule has 20 heavy (non-hydrogen) atoms. The molecule has 106 valence electrons. The largest absolute Gasteiger partial charge is 0.497 e. The van der Waals surface area contributed by atoms with Crippen molar-refractivity contribution in [1.82, 2.24) is 4.98 Å². The van der Waals surface area contributed by atoms with E-state index in [9.17, 15) is 4.79 Å². The predicted octanol–water partition coefficient (Wildman–Crippen LogP) is 2.37. The van der Waals surface area contributed by atoms with Crippen molar-refractivity contribution in [2.45, 2.75) is 6.42 Å². The van der Waals surface area contributed by atoms with Gasteiger partial charge in [-0.25, -0.2) is 4.98 Å². The summed E-state index contributed by atoms with van der Waals surface area (Å²) in [7, 11) is 4.89. The van der Waals surface area contributed by atoms with E-state index in [4.69, 9.17) is 9.47 Å². The molecule has 1 aromatic heterocycles. The fourth-order valence-corrected chi connectivity index (χ4v) is 2.41. The minimum atomic E-state index is -0.0495. The molecule has 0 saturated carbocycles. The van der Waals surface area contributed by atoms with Crippen molar-refractivity contribution in [1.29, 1.82) is 0 Å². The van der Waals surface area contributed by atoms with E-state index in [0.717, 1.165) is 5.56 Å². The molecule has 0 saturated heterocycles. The van der Waals surface area contributed by atoms with Gasteiger partial charge in [0, 0.05) is 24.2 Å². The van der Waals surface area contributed by atoms with Crippen LogP contribution in [0.5, 0.6) is 11.5 Å². The van der Waals surface area contributed by atoms with Crippen LogP contribution in [0.1, 0.15) is 5.56 Å². The van der Waals surface area contributed by atoms with Gasteiger partial charge >= 0.3 is 0 Å². The SMILES string of the molecule is COc1ccc(OC)c(CC(=O)N(C)c2nccs2)c1. The number of rotatable bonds is 5. The van der Waals surface area contributed by atoms with Crippen molar-refractivity contribution in [3.63, 3.8) is 0 Å². The van der Waals surface area contributed by atoms with Gasteiger partial charge in [0.1, 0.15) is 11.5 Å². The summed E-state index contributed by atoms with van der Waals surface area (Å²) < 4.78 is 10.5. The van der Waals surface area contributed by atoms with Crippen LogP contribution in [0, 0.1) is 0 Å². The molecule has 0 aliphatic heterocycles. The molecular formula is C14H16N2O3S. The van der Waals surface area contributed by atoms with Gasteiger partial charge in [-0.05, 0) is 18.2 Å². The molecule has 0 N–H and O–H groups in total. The Hall–Kier alpha value is -2.08. The van der Waals surface area contributed by atoms with Gasteiger partial charge in [0.25, 0.3) is 0 Å². The number of ether oxygens (including phenoxy) is 2. The predicted molar refractivity (Wildman–Crippen MR) is 78.8 cm³/mol. The number of thiazole rings is 1. The molecule has 0 aliphatic rings. The minimum Gasteiger partial charge on any atom is -0.497 e. The number of carbonyl (C=O) groups excluding carboxylic acids is 1. The maximum atomic E-state index is 12.3. The number of likely N-dealkylation sites (N-methyl/N-ethyl adjacent to an activating group) is 1. The fraction of sp³-hybridized carbons (Fsp3) is 0.286. The third-order valence-electron chi connectivity index (χ3n) is 2.91. The number of nitrogens with zero attached hydrogens (tertiary/aromatic N) is 2. The van der Waals surface area contributed by atoms with Gasteiger partial charge in [0.05, 0.1) is 20.6 Å². The van der Waals surface area contributed by atoms with E-state index < -0.39 is 0 Å². The van der Waals surface area contributed by atoms with Crippen LogP contribution in [0.15, 0.2) is 29.8 Å². The second-order valence-electron chi connectivity index (χ2n) is 4.12. The lowest BCUT2D eigenvalue weighted by Crippen LogP contribution is -2.27. The Morgan fingerprint density at radius 1 is 1.35 bits per heavy atom. The van der Waals surface area contributed by atoms with Crippen molar-refractivity contribution in [2.75, 3.05) is 26.2 Å². The van der Waals surface area contributed by atoms with Crippen LogP contribution in [0.25, 0.3) is 0 Å². The Kier molecular flexibility index (Phi) is 4.57. The molecule has 2 aromatic rings. The summed E-state index contributed by atoms with van der Waals surface area (Å²) >= 11 is 1.43. The van der Waals surface area contributed by atoms with Gasteiger partial charge in [-0.15, -0.1) is 11.3 Å². The Labute approximate surface area is 121 Å². The highest BCUT2D eigenvalue weighted by molar-refractivity contribution is 7.13. The molecule has 0 fully saturated rings. The minimum absolute atomic E-state index is 0.0495. The lowest BCUT2D eigenvalue weighted by atomic mass is 10.1. The number of methoxy groups -OCH3 is 2. The van der Waals surface area contributed by atoms with Crippen molar-refractivity contribution in [2.24, 2.45) is 0 Å². The fourth-order valence-electron chi connectivity index (χ4n) is 1.79. The maximum absolute atomic E-state index is 12.3. The van der Waals surface area contributed by atoms with Crippen LogP contribution in [0.4, 0.5) is 5.13 Å². The molecule has 0 bridgehead atoms. The summed E-state index contributed by atoms with van der Waals surface area (Å²) in [4.78, 5) is 17.9. The summed E-state index contributed by atoms with van der Waals surface area (Å²) in [6.45, 7) is 0. The van der Waals surface area contributed by atoms with Crippen LogP contribution < -0.4 is 14.4 Å². The van der Waals surface area contributed by atoms with Crippen LogP contribution in [-0.4, -0.2) is 32.2 Å². The standard InChI is InChI=1S/C14H16N2O3S/c1-16(14-15-6-7-20-14)13(17)9-10-8-11(18-2)4-5-12(10)19-3/h4-8H,9H2,1-3H3. The summed E-state index contributed by atoms with van der Waals surface area (Å²) in [6, 6.07) is 5.41. The molecule has 6 heteroatoms. The number of aromatic nitrogens is 1. The smallest absolute Gasteiger partial charge is 0.233 e. The van der Waals surface area contributed by atoms with E-state index in [0.29, 0.717) is 16.6 Å². The summed E-state index contributed by atoms with van der Waals surface area (Å²) in [5.41, 5.74) is 0.792. The van der Waals surface area contributed by atoms with Crippen molar-refractivity contribution >= 4 is 22.4 Å². The second kappa shape index (κ2) is 6.38. The number of carbonyl (C=O) groups is 1. The molecule has 1 heterocycles. The molecule has 0 aliphatic carbocycles. The number of hydrogen-bond acceptors (Lipinski definition) is 5. The first-order chi connectivity index (χ1) is 9.65. The molecule has 0 radical (unpaired) electrons. The van der Waals surface area contributed by atoms with Crippen LogP contribution >= 0.6 is 11.3 Å². The lowest BCUT2D eigenvalue weighted by molar-refractivity contribution is -0.117. The highest BCUT2D eigenvalue weighted by Gasteiger charge is 2.16. The van der Waals surface area contributed by atoms with E-state index in [2.05, 4.69) is 4.98 Å². The first-order valence-electron chi connectivity index (χ1n) is 6.02. The zero-order valence-electron chi connectivity index (χ0n) is 11.6. The normalized spacial score (nSPS) is 10.2. The van der Waals surface area contributed by atoms with Crippen molar-refractivity contribution in [3.05, 3.63) is 35.3 Å². The number of hydrogen-bond donors (Lipinski definition) is 0. The first-order valence-corrected chi connectivity index (χ1v) is 6.90. The van der Waals surface area contributed by atoms with E-state index in [1.54, 1.807) is 44.5 Å². The molecule has 1 aromatic carbocycles. The Balaban J connectivity index is 2.18. The monoisotopic (exact) mass is 292 g/mol. The lowest BCUT2D eigenvalue weighted by Gasteiger charge is -2.15. The number of amides is 1. The molecular weight excluding hydrogens is 276 g/mol. The Morgan fingerprint density at radius 2 is 2.15 bits per heavy atom. The van der Waals surface area contributed by atoms with E-state index in [-0.39, 0.29) is 12.3 Å². The van der Waals surface area contributed by atoms with E-state index in [1.165, 1.54) is 11.3 Å². The first kappa shape index (κ1) is 14.3. The molecule has 1 amide bonds. The molecule has 0 spiro atoms. The second-order valence-corrected chi connectivity index (χ2v) is 5.00. The summed E-state index contributed by atoms with van der Waals surface area (Å²) in [5, 5.41) is 2.52. The summed E-state index contributed by atoms with van der Waals surface area (Å²) in [6.07, 6.45) is 1.91. The zero-order valence-corrected chi connectivity index (χ0v) is 12.4. The Bertz CT molecular complexity index is 584. The van der Waals surface area contributed by atoms with Crippen LogP contribution in [0.3, 0.4) is 0 Å². The highest BCUT2D eigenvalue weighted by Crippen LogP contribution is 2.25.